The fraction of sp³-hybridized carbons (Fsp3) is 0.393. The summed E-state index contributed by atoms with van der Waals surface area (Å²) in [7, 11) is 0. The van der Waals surface area contributed by atoms with Crippen molar-refractivity contribution < 1.29 is 0 Å². The largest absolute Gasteiger partial charge is 0.252 e. The van der Waals surface area contributed by atoms with Gasteiger partial charge in [0, 0.05) is 28.3 Å². The van der Waals surface area contributed by atoms with Crippen LogP contribution < -0.4 is 0 Å². The second-order valence-corrected chi connectivity index (χ2v) is 9.71. The van der Waals surface area contributed by atoms with E-state index in [1.165, 1.54) is 5.57 Å². The first-order valence-electron chi connectivity index (χ1n) is 11.0. The number of allylic oxidation sites excluding steroid dienone is 3. The highest BCUT2D eigenvalue weighted by Crippen LogP contribution is 2.31. The fourth-order valence-electron chi connectivity index (χ4n) is 3.59. The first-order valence-corrected chi connectivity index (χ1v) is 11.0. The van der Waals surface area contributed by atoms with Gasteiger partial charge < -0.3 is 0 Å². The predicted molar refractivity (Wildman–Crippen MR) is 136 cm³/mol. The highest BCUT2D eigenvalue weighted by atomic mass is 14.9. The van der Waals surface area contributed by atoms with Gasteiger partial charge in [0.1, 0.15) is 5.82 Å². The highest BCUT2D eigenvalue weighted by molar-refractivity contribution is 5.64. The molecule has 2 aromatic heterocycles. The molecule has 0 fully saturated rings. The third kappa shape index (κ3) is 6.33. The molecule has 2 rings (SSSR count). The lowest BCUT2D eigenvalue weighted by Crippen LogP contribution is -2.20. The maximum atomic E-state index is 4.94. The average Bonchev–Trinajstić information content (AvgIpc) is 2.68. The zero-order valence-corrected chi connectivity index (χ0v) is 20.5. The van der Waals surface area contributed by atoms with E-state index in [4.69, 9.17) is 9.97 Å². The molecule has 0 saturated carbocycles. The molecule has 0 unspecified atom stereocenters. The van der Waals surface area contributed by atoms with E-state index in [9.17, 15) is 0 Å². The molecule has 0 aliphatic rings. The van der Waals surface area contributed by atoms with Crippen LogP contribution in [0.2, 0.25) is 0 Å². The zero-order chi connectivity index (χ0) is 23.2. The molecule has 0 aromatic carbocycles. The molecule has 3 heteroatoms. The van der Waals surface area contributed by atoms with Crippen LogP contribution in [0.15, 0.2) is 42.6 Å². The van der Waals surface area contributed by atoms with E-state index in [2.05, 4.69) is 77.4 Å². The normalized spacial score (nSPS) is 13.4. The van der Waals surface area contributed by atoms with Gasteiger partial charge in [-0.15, -0.1) is 0 Å². The third-order valence-electron chi connectivity index (χ3n) is 5.16. The lowest BCUT2D eigenvalue weighted by molar-refractivity contribution is 0.504. The van der Waals surface area contributed by atoms with Crippen LogP contribution in [-0.2, 0) is 10.8 Å². The summed E-state index contributed by atoms with van der Waals surface area (Å²) in [6.07, 6.45) is 15.0. The Morgan fingerprint density at radius 3 is 2.19 bits per heavy atom. The average molecular weight is 416 g/mol. The molecular formula is C28H37N3. The zero-order valence-electron chi connectivity index (χ0n) is 20.5. The number of rotatable bonds is 7. The molecule has 2 heterocycles. The number of pyridine rings is 1. The Labute approximate surface area is 188 Å². The maximum absolute atomic E-state index is 4.94. The van der Waals surface area contributed by atoms with Crippen LogP contribution in [0.25, 0.3) is 24.3 Å². The first-order chi connectivity index (χ1) is 14.5. The molecule has 0 aliphatic carbocycles. The van der Waals surface area contributed by atoms with E-state index in [0.29, 0.717) is 0 Å². The summed E-state index contributed by atoms with van der Waals surface area (Å²) in [5.41, 5.74) is 6.15. The van der Waals surface area contributed by atoms with Gasteiger partial charge >= 0.3 is 0 Å². The third-order valence-corrected chi connectivity index (χ3v) is 5.16. The summed E-state index contributed by atoms with van der Waals surface area (Å²) in [6.45, 7) is 21.0. The quantitative estimate of drug-likeness (QED) is 0.466. The summed E-state index contributed by atoms with van der Waals surface area (Å²) >= 11 is 0. The van der Waals surface area contributed by atoms with Crippen LogP contribution in [-0.4, -0.2) is 15.0 Å². The number of aromatic nitrogens is 3. The van der Waals surface area contributed by atoms with E-state index in [1.54, 1.807) is 0 Å². The molecule has 164 valence electrons. The van der Waals surface area contributed by atoms with E-state index >= 15 is 0 Å². The number of hydrogen-bond acceptors (Lipinski definition) is 3. The van der Waals surface area contributed by atoms with Crippen molar-refractivity contribution in [3.8, 4) is 0 Å². The smallest absolute Gasteiger partial charge is 0.134 e. The van der Waals surface area contributed by atoms with Gasteiger partial charge in [0.05, 0.1) is 11.4 Å². The molecule has 3 nitrogen and oxygen atoms in total. The van der Waals surface area contributed by atoms with Gasteiger partial charge in [-0.3, -0.25) is 4.98 Å². The van der Waals surface area contributed by atoms with Crippen LogP contribution in [0, 0.1) is 0 Å². The summed E-state index contributed by atoms with van der Waals surface area (Å²) in [5.74, 6) is 0.858. The van der Waals surface area contributed by atoms with Crippen molar-refractivity contribution in [2.45, 2.75) is 72.6 Å². The predicted octanol–water partition coefficient (Wildman–Crippen LogP) is 7.65. The maximum Gasteiger partial charge on any atom is 0.134 e. The molecule has 2 aromatic rings. The molecule has 0 spiro atoms. The van der Waals surface area contributed by atoms with Crippen molar-refractivity contribution in [2.75, 3.05) is 0 Å². The fourth-order valence-corrected chi connectivity index (χ4v) is 3.59. The van der Waals surface area contributed by atoms with E-state index in [-0.39, 0.29) is 10.8 Å². The monoisotopic (exact) mass is 415 g/mol. The van der Waals surface area contributed by atoms with Crippen molar-refractivity contribution >= 4 is 24.3 Å². The van der Waals surface area contributed by atoms with E-state index < -0.39 is 0 Å². The second kappa shape index (κ2) is 10.00. The first kappa shape index (κ1) is 24.5. The van der Waals surface area contributed by atoms with E-state index in [1.807, 2.05) is 44.3 Å². The van der Waals surface area contributed by atoms with Crippen molar-refractivity contribution in [1.82, 2.24) is 15.0 Å². The van der Waals surface area contributed by atoms with Gasteiger partial charge in [-0.05, 0) is 51.0 Å². The molecule has 0 saturated heterocycles. The lowest BCUT2D eigenvalue weighted by atomic mass is 9.81. The van der Waals surface area contributed by atoms with Crippen molar-refractivity contribution in [1.29, 1.82) is 0 Å². The standard InChI is InChI=1S/C28H37N3/c1-10-13-22-19-29-26(27(5,6)7)31-24(22)17-20(4)18-28(8,9)25-16-15-21(12-3)23(30-25)14-11-2/h10-17,19H,3,18H2,1-2,4-9H3. The van der Waals surface area contributed by atoms with E-state index in [0.717, 1.165) is 40.5 Å². The Balaban J connectivity index is 2.42. The SMILES string of the molecule is C=Cc1ccc(C(C)(C)CC(C)=Cc2nc(C(C)(C)C)ncc2C=CC)nc1C=CC. The molecule has 0 aliphatic heterocycles. The number of hydrogen-bond donors (Lipinski definition) is 0. The molecule has 0 radical (unpaired) electrons. The van der Waals surface area contributed by atoms with Crippen LogP contribution in [0.4, 0.5) is 0 Å². The van der Waals surface area contributed by atoms with Gasteiger partial charge in [-0.1, -0.05) is 77.1 Å². The molecule has 0 bridgehead atoms. The van der Waals surface area contributed by atoms with Crippen LogP contribution in [0.3, 0.4) is 0 Å². The van der Waals surface area contributed by atoms with Crippen LogP contribution in [0.1, 0.15) is 95.8 Å². The summed E-state index contributed by atoms with van der Waals surface area (Å²) in [4.78, 5) is 14.4. The summed E-state index contributed by atoms with van der Waals surface area (Å²) < 4.78 is 0. The van der Waals surface area contributed by atoms with Gasteiger partial charge in [0.2, 0.25) is 0 Å². The summed E-state index contributed by atoms with van der Waals surface area (Å²) in [6, 6.07) is 4.22. The Bertz CT molecular complexity index is 1020. The molecule has 0 N–H and O–H groups in total. The summed E-state index contributed by atoms with van der Waals surface area (Å²) in [5, 5.41) is 0. The highest BCUT2D eigenvalue weighted by Gasteiger charge is 2.24. The molecular weight excluding hydrogens is 378 g/mol. The molecule has 0 atom stereocenters. The topological polar surface area (TPSA) is 38.7 Å². The van der Waals surface area contributed by atoms with Gasteiger partial charge in [0.25, 0.3) is 0 Å². The Kier molecular flexibility index (Phi) is 7.89. The molecule has 0 amide bonds. The van der Waals surface area contributed by atoms with Crippen LogP contribution in [0.5, 0.6) is 0 Å². The Morgan fingerprint density at radius 1 is 0.935 bits per heavy atom. The van der Waals surface area contributed by atoms with Gasteiger partial charge in [0.15, 0.2) is 0 Å². The van der Waals surface area contributed by atoms with Crippen molar-refractivity contribution in [3.05, 3.63) is 76.7 Å². The second-order valence-electron chi connectivity index (χ2n) is 9.71. The lowest BCUT2D eigenvalue weighted by Gasteiger charge is -2.25. The van der Waals surface area contributed by atoms with Crippen LogP contribution >= 0.6 is 0 Å². The Morgan fingerprint density at radius 2 is 1.61 bits per heavy atom. The minimum absolute atomic E-state index is 0.0930. The van der Waals surface area contributed by atoms with Gasteiger partial charge in [-0.2, -0.15) is 0 Å². The number of nitrogens with zero attached hydrogens (tertiary/aromatic N) is 3. The van der Waals surface area contributed by atoms with Gasteiger partial charge in [-0.25, -0.2) is 9.97 Å². The minimum Gasteiger partial charge on any atom is -0.252 e. The molecule has 31 heavy (non-hydrogen) atoms. The minimum atomic E-state index is -0.114. The van der Waals surface area contributed by atoms with Crippen molar-refractivity contribution in [2.24, 2.45) is 0 Å². The Hall–Kier alpha value is -2.81. The van der Waals surface area contributed by atoms with Crippen molar-refractivity contribution in [3.63, 3.8) is 0 Å².